The summed E-state index contributed by atoms with van der Waals surface area (Å²) < 4.78 is 5.79. The average Bonchev–Trinajstić information content (AvgIpc) is 3.30. The van der Waals surface area contributed by atoms with Crippen molar-refractivity contribution in [3.63, 3.8) is 0 Å². The van der Waals surface area contributed by atoms with Gasteiger partial charge in [0.2, 0.25) is 0 Å². The summed E-state index contributed by atoms with van der Waals surface area (Å²) in [5.41, 5.74) is 1.90. The third-order valence-corrected chi connectivity index (χ3v) is 4.92. The van der Waals surface area contributed by atoms with Crippen LogP contribution in [0.3, 0.4) is 0 Å². The molecule has 1 aromatic carbocycles. The van der Waals surface area contributed by atoms with Gasteiger partial charge in [-0.3, -0.25) is 0 Å². The Bertz CT molecular complexity index is 745. The first-order chi connectivity index (χ1) is 12.3. The van der Waals surface area contributed by atoms with Crippen LogP contribution in [-0.2, 0) is 13.2 Å². The molecule has 1 aromatic heterocycles. The van der Waals surface area contributed by atoms with Crippen LogP contribution in [0.5, 0.6) is 5.75 Å². The van der Waals surface area contributed by atoms with E-state index in [0.717, 1.165) is 29.3 Å². The van der Waals surface area contributed by atoms with Gasteiger partial charge in [0.1, 0.15) is 17.4 Å². The molecular formula is C20H27N3O2S. The lowest BCUT2D eigenvalue weighted by molar-refractivity contribution is 0.182. The molecule has 5 nitrogen and oxygen atoms in total. The van der Waals surface area contributed by atoms with Gasteiger partial charge in [0.15, 0.2) is 0 Å². The number of aromatic nitrogens is 1. The Hall–Kier alpha value is -2.08. The van der Waals surface area contributed by atoms with Crippen molar-refractivity contribution in [2.45, 2.75) is 65.3 Å². The fourth-order valence-electron chi connectivity index (χ4n) is 2.59. The van der Waals surface area contributed by atoms with Gasteiger partial charge < -0.3 is 15.0 Å². The van der Waals surface area contributed by atoms with E-state index in [0.29, 0.717) is 19.2 Å². The number of ether oxygens (including phenoxy) is 1. The Morgan fingerprint density at radius 1 is 1.31 bits per heavy atom. The van der Waals surface area contributed by atoms with Gasteiger partial charge in [0, 0.05) is 17.0 Å². The van der Waals surface area contributed by atoms with Crippen molar-refractivity contribution in [2.75, 3.05) is 0 Å². The first-order valence-electron chi connectivity index (χ1n) is 9.02. The molecule has 26 heavy (non-hydrogen) atoms. The van der Waals surface area contributed by atoms with E-state index in [1.54, 1.807) is 11.3 Å². The summed E-state index contributed by atoms with van der Waals surface area (Å²) >= 11 is 1.58. The third kappa shape index (κ3) is 5.46. The minimum atomic E-state index is -0.237. The molecule has 1 fully saturated rings. The molecule has 140 valence electrons. The molecule has 0 atom stereocenters. The number of hydrogen-bond acceptors (Lipinski definition) is 4. The molecular weight excluding hydrogens is 346 g/mol. The van der Waals surface area contributed by atoms with Gasteiger partial charge in [-0.15, -0.1) is 11.3 Å². The highest BCUT2D eigenvalue weighted by Crippen LogP contribution is 2.29. The van der Waals surface area contributed by atoms with Gasteiger partial charge in [0.05, 0.1) is 12.2 Å². The summed E-state index contributed by atoms with van der Waals surface area (Å²) in [5.74, 6) is 0.844. The van der Waals surface area contributed by atoms with Gasteiger partial charge in [0.25, 0.3) is 0 Å². The highest BCUT2D eigenvalue weighted by atomic mass is 32.1. The first-order valence-corrected chi connectivity index (χ1v) is 9.90. The molecule has 2 amide bonds. The molecule has 0 spiro atoms. The van der Waals surface area contributed by atoms with E-state index < -0.39 is 0 Å². The highest BCUT2D eigenvalue weighted by Gasteiger charge is 2.34. The predicted molar refractivity (Wildman–Crippen MR) is 104 cm³/mol. The van der Waals surface area contributed by atoms with Crippen LogP contribution in [0, 0.1) is 6.92 Å². The number of nitrogens with one attached hydrogen (secondary N) is 1. The number of rotatable bonds is 6. The molecule has 1 heterocycles. The van der Waals surface area contributed by atoms with E-state index in [-0.39, 0.29) is 11.6 Å². The summed E-state index contributed by atoms with van der Waals surface area (Å²) in [6, 6.07) is 8.33. The quantitative estimate of drug-likeness (QED) is 0.811. The van der Waals surface area contributed by atoms with Crippen molar-refractivity contribution in [1.82, 2.24) is 15.2 Å². The molecule has 0 saturated heterocycles. The minimum Gasteiger partial charge on any atom is -0.486 e. The Labute approximate surface area is 159 Å². The van der Waals surface area contributed by atoms with Gasteiger partial charge in [-0.1, -0.05) is 17.7 Å². The molecule has 1 saturated carbocycles. The van der Waals surface area contributed by atoms with Crippen molar-refractivity contribution in [3.05, 3.63) is 45.9 Å². The van der Waals surface area contributed by atoms with Crippen LogP contribution in [-0.4, -0.2) is 27.5 Å². The lowest BCUT2D eigenvalue weighted by atomic mass is 10.1. The monoisotopic (exact) mass is 373 g/mol. The van der Waals surface area contributed by atoms with Crippen molar-refractivity contribution in [1.29, 1.82) is 0 Å². The van der Waals surface area contributed by atoms with Gasteiger partial charge in [-0.2, -0.15) is 0 Å². The van der Waals surface area contributed by atoms with E-state index >= 15 is 0 Å². The summed E-state index contributed by atoms with van der Waals surface area (Å²) in [6.45, 7) is 9.05. The number of carbonyl (C=O) groups is 1. The van der Waals surface area contributed by atoms with E-state index in [1.807, 2.05) is 55.3 Å². The van der Waals surface area contributed by atoms with E-state index in [9.17, 15) is 4.79 Å². The Kier molecular flexibility index (Phi) is 5.51. The van der Waals surface area contributed by atoms with Crippen molar-refractivity contribution >= 4 is 17.4 Å². The number of hydrogen-bond donors (Lipinski definition) is 1. The minimum absolute atomic E-state index is 0.00884. The molecule has 0 bridgehead atoms. The van der Waals surface area contributed by atoms with Crippen LogP contribution < -0.4 is 10.1 Å². The fourth-order valence-corrected chi connectivity index (χ4v) is 3.28. The zero-order valence-corrected chi connectivity index (χ0v) is 16.7. The molecule has 6 heteroatoms. The van der Waals surface area contributed by atoms with Crippen LogP contribution in [0.15, 0.2) is 29.6 Å². The molecule has 1 aliphatic carbocycles. The largest absolute Gasteiger partial charge is 0.486 e. The summed E-state index contributed by atoms with van der Waals surface area (Å²) in [7, 11) is 0. The second kappa shape index (κ2) is 7.66. The van der Waals surface area contributed by atoms with Crippen molar-refractivity contribution in [3.8, 4) is 5.75 Å². The zero-order valence-electron chi connectivity index (χ0n) is 15.9. The molecule has 2 aromatic rings. The summed E-state index contributed by atoms with van der Waals surface area (Å²) in [4.78, 5) is 19.1. The number of thiazole rings is 1. The van der Waals surface area contributed by atoms with Gasteiger partial charge >= 0.3 is 6.03 Å². The van der Waals surface area contributed by atoms with Gasteiger partial charge in [-0.05, 0) is 52.7 Å². The third-order valence-electron chi connectivity index (χ3n) is 4.05. The second-order valence-electron chi connectivity index (χ2n) is 7.87. The van der Waals surface area contributed by atoms with E-state index in [2.05, 4.69) is 17.2 Å². The van der Waals surface area contributed by atoms with Crippen LogP contribution in [0.25, 0.3) is 0 Å². The van der Waals surface area contributed by atoms with Crippen LogP contribution in [0.1, 0.15) is 49.9 Å². The van der Waals surface area contributed by atoms with E-state index in [4.69, 9.17) is 4.74 Å². The summed E-state index contributed by atoms with van der Waals surface area (Å²) in [6.07, 6.45) is 2.15. The van der Waals surface area contributed by atoms with Crippen molar-refractivity contribution < 1.29 is 9.53 Å². The lowest BCUT2D eigenvalue weighted by Gasteiger charge is -2.28. The topological polar surface area (TPSA) is 54.5 Å². The smallest absolute Gasteiger partial charge is 0.318 e. The first kappa shape index (κ1) is 18.7. The number of urea groups is 1. The lowest BCUT2D eigenvalue weighted by Crippen LogP contribution is -2.49. The van der Waals surface area contributed by atoms with Crippen LogP contribution in [0.2, 0.25) is 0 Å². The Balaban J connectivity index is 1.57. The maximum Gasteiger partial charge on any atom is 0.318 e. The second-order valence-corrected chi connectivity index (χ2v) is 8.82. The SMILES string of the molecule is Cc1ccc(OCc2nc(CN(C(=O)NC(C)(C)C)C3CC3)cs2)cc1. The standard InChI is InChI=1S/C20H27N3O2S/c1-14-5-9-17(10-6-14)25-12-18-21-15(13-26-18)11-23(16-7-8-16)19(24)22-20(2,3)4/h5-6,9-10,13,16H,7-8,11-12H2,1-4H3,(H,22,24). The van der Waals surface area contributed by atoms with Gasteiger partial charge in [-0.25, -0.2) is 9.78 Å². The zero-order chi connectivity index (χ0) is 18.7. The maximum atomic E-state index is 12.6. The molecule has 3 rings (SSSR count). The number of amides is 2. The molecule has 0 radical (unpaired) electrons. The number of nitrogens with zero attached hydrogens (tertiary/aromatic N) is 2. The molecule has 1 aliphatic rings. The van der Waals surface area contributed by atoms with Crippen LogP contribution >= 0.6 is 11.3 Å². The highest BCUT2D eigenvalue weighted by molar-refractivity contribution is 7.09. The van der Waals surface area contributed by atoms with Crippen LogP contribution in [0.4, 0.5) is 4.79 Å². The summed E-state index contributed by atoms with van der Waals surface area (Å²) in [5, 5.41) is 6.00. The number of benzene rings is 1. The predicted octanol–water partition coefficient (Wildman–Crippen LogP) is 4.50. The van der Waals surface area contributed by atoms with E-state index in [1.165, 1.54) is 5.56 Å². The Morgan fingerprint density at radius 3 is 2.62 bits per heavy atom. The number of aryl methyl sites for hydroxylation is 1. The molecule has 1 N–H and O–H groups in total. The number of carbonyl (C=O) groups excluding carboxylic acids is 1. The molecule has 0 unspecified atom stereocenters. The normalized spacial score (nSPS) is 14.2. The Morgan fingerprint density at radius 2 is 2.00 bits per heavy atom. The van der Waals surface area contributed by atoms with Crippen molar-refractivity contribution in [2.24, 2.45) is 0 Å². The molecule has 0 aliphatic heterocycles. The average molecular weight is 374 g/mol. The maximum absolute atomic E-state index is 12.6. The fraction of sp³-hybridized carbons (Fsp3) is 0.500.